The molecule has 0 aliphatic carbocycles. The molecule has 162 valence electrons. The minimum atomic E-state index is -7.37. The van der Waals surface area contributed by atoms with Crippen molar-refractivity contribution in [2.75, 3.05) is 0 Å². The van der Waals surface area contributed by atoms with Crippen LogP contribution in [0, 0.1) is 11.8 Å². The molecule has 0 fully saturated rings. The molecule has 1 heterocycles. The Morgan fingerprint density at radius 1 is 0.464 bits per heavy atom. The van der Waals surface area contributed by atoms with Crippen LogP contribution < -0.4 is 0 Å². The van der Waals surface area contributed by atoms with Gasteiger partial charge in [-0.1, -0.05) is 0 Å². The maximum absolute atomic E-state index is 13.8. The molecule has 0 N–H and O–H groups in total. The van der Waals surface area contributed by atoms with Crippen molar-refractivity contribution >= 4 is 0 Å². The maximum atomic E-state index is 13.8. The lowest BCUT2D eigenvalue weighted by Crippen LogP contribution is -2.54. The summed E-state index contributed by atoms with van der Waals surface area (Å²) in [5.41, 5.74) is -22.3. The van der Waals surface area contributed by atoms with Crippen LogP contribution in [0.2, 0.25) is 0 Å². The highest BCUT2D eigenvalue weighted by molar-refractivity contribution is 5.32. The Bertz CT molecular complexity index is 710. The molecule has 0 aromatic carbocycles. The SMILES string of the molecule is Fc1nnc(C(F)(C(F)(F)F)C(F)(F)F)c(F)c1C(F)(C(F)(F)F)C(F)(F)F. The monoisotopic (exact) mass is 452 g/mol. The van der Waals surface area contributed by atoms with Gasteiger partial charge in [-0.25, -0.2) is 13.2 Å². The lowest BCUT2D eigenvalue weighted by atomic mass is 9.90. The molecule has 0 aliphatic heterocycles. The zero-order valence-corrected chi connectivity index (χ0v) is 11.9. The van der Waals surface area contributed by atoms with Crippen molar-refractivity contribution in [3.05, 3.63) is 23.0 Å². The van der Waals surface area contributed by atoms with Crippen molar-refractivity contribution in [1.29, 1.82) is 0 Å². The molecule has 0 atom stereocenters. The fourth-order valence-corrected chi connectivity index (χ4v) is 1.78. The summed E-state index contributed by atoms with van der Waals surface area (Å²) in [6, 6.07) is 0. The molecule has 1 aromatic heterocycles. The highest BCUT2D eigenvalue weighted by Crippen LogP contribution is 2.57. The standard InChI is InChI=1S/C10F16N2/c11-2-1(5(13,7(15,16)17)8(18,19)20)4(12)28-27-3(2)6(14,9(21,22)23)10(24,25)26. The number of hydrogen-bond donors (Lipinski definition) is 0. The van der Waals surface area contributed by atoms with E-state index >= 15 is 0 Å². The second-order valence-corrected chi connectivity index (χ2v) is 4.84. The Balaban J connectivity index is 4.12. The molecule has 1 aromatic rings. The second kappa shape index (κ2) is 6.23. The van der Waals surface area contributed by atoms with Gasteiger partial charge in [0.15, 0.2) is 11.5 Å². The van der Waals surface area contributed by atoms with Crippen molar-refractivity contribution in [2.24, 2.45) is 0 Å². The molecule has 0 saturated heterocycles. The Morgan fingerprint density at radius 2 is 0.786 bits per heavy atom. The topological polar surface area (TPSA) is 25.8 Å². The number of aromatic nitrogens is 2. The quantitative estimate of drug-likeness (QED) is 0.567. The highest BCUT2D eigenvalue weighted by Gasteiger charge is 2.79. The maximum Gasteiger partial charge on any atom is 0.437 e. The van der Waals surface area contributed by atoms with E-state index in [1.165, 1.54) is 10.2 Å². The number of alkyl halides is 14. The number of hydrogen-bond acceptors (Lipinski definition) is 2. The molecule has 0 aliphatic rings. The second-order valence-electron chi connectivity index (χ2n) is 4.84. The van der Waals surface area contributed by atoms with Crippen LogP contribution >= 0.6 is 0 Å². The van der Waals surface area contributed by atoms with E-state index in [4.69, 9.17) is 0 Å². The van der Waals surface area contributed by atoms with E-state index in [9.17, 15) is 70.2 Å². The molecule has 0 bridgehead atoms. The number of rotatable bonds is 2. The third-order valence-corrected chi connectivity index (χ3v) is 3.10. The van der Waals surface area contributed by atoms with Crippen LogP contribution in [0.25, 0.3) is 0 Å². The summed E-state index contributed by atoms with van der Waals surface area (Å²) in [4.78, 5) is 0. The van der Waals surface area contributed by atoms with Crippen LogP contribution in [0.5, 0.6) is 0 Å². The molecule has 0 amide bonds. The highest BCUT2D eigenvalue weighted by atomic mass is 19.4. The van der Waals surface area contributed by atoms with Gasteiger partial charge in [-0.2, -0.15) is 57.1 Å². The molecule has 18 heteroatoms. The first kappa shape index (κ1) is 24.0. The van der Waals surface area contributed by atoms with Crippen molar-refractivity contribution in [2.45, 2.75) is 36.0 Å². The van der Waals surface area contributed by atoms with Crippen LogP contribution in [0.3, 0.4) is 0 Å². The van der Waals surface area contributed by atoms with E-state index in [0.717, 1.165) is 0 Å². The van der Waals surface area contributed by atoms with Gasteiger partial charge in [-0.05, 0) is 0 Å². The van der Waals surface area contributed by atoms with E-state index in [1.54, 1.807) is 0 Å². The van der Waals surface area contributed by atoms with E-state index in [1.807, 2.05) is 0 Å². The molecule has 0 radical (unpaired) electrons. The van der Waals surface area contributed by atoms with Gasteiger partial charge in [0.1, 0.15) is 5.56 Å². The Morgan fingerprint density at radius 3 is 1.07 bits per heavy atom. The van der Waals surface area contributed by atoms with Crippen LogP contribution in [0.1, 0.15) is 11.3 Å². The predicted molar refractivity (Wildman–Crippen MR) is 51.7 cm³/mol. The van der Waals surface area contributed by atoms with Gasteiger partial charge in [-0.15, -0.1) is 10.2 Å². The first-order chi connectivity index (χ1) is 12.0. The van der Waals surface area contributed by atoms with Crippen molar-refractivity contribution in [1.82, 2.24) is 10.2 Å². The summed E-state index contributed by atoms with van der Waals surface area (Å²) in [5, 5.41) is 2.79. The van der Waals surface area contributed by atoms with E-state index in [0.29, 0.717) is 0 Å². The Hall–Kier alpha value is -2.04. The normalized spacial score (nSPS) is 15.1. The van der Waals surface area contributed by atoms with E-state index in [2.05, 4.69) is 0 Å². The molecule has 0 saturated carbocycles. The molecule has 0 spiro atoms. The minimum Gasteiger partial charge on any atom is -0.218 e. The zero-order valence-electron chi connectivity index (χ0n) is 11.9. The summed E-state index contributed by atoms with van der Waals surface area (Å²) < 4.78 is 205. The Kier molecular flexibility index (Phi) is 5.34. The van der Waals surface area contributed by atoms with Gasteiger partial charge in [0, 0.05) is 0 Å². The first-order valence-electron chi connectivity index (χ1n) is 5.92. The number of halogens is 16. The van der Waals surface area contributed by atoms with Crippen molar-refractivity contribution in [3.8, 4) is 0 Å². The van der Waals surface area contributed by atoms with Gasteiger partial charge in [0.2, 0.25) is 5.95 Å². The summed E-state index contributed by atoms with van der Waals surface area (Å²) in [5.74, 6) is -7.70. The fraction of sp³-hybridized carbons (Fsp3) is 0.600. The zero-order chi connectivity index (χ0) is 22.7. The molecule has 28 heavy (non-hydrogen) atoms. The third-order valence-electron chi connectivity index (χ3n) is 3.10. The average molecular weight is 452 g/mol. The molecule has 1 rings (SSSR count). The van der Waals surface area contributed by atoms with E-state index < -0.39 is 59.1 Å². The van der Waals surface area contributed by atoms with Crippen LogP contribution in [0.4, 0.5) is 70.2 Å². The lowest BCUT2D eigenvalue weighted by molar-refractivity contribution is -0.353. The van der Waals surface area contributed by atoms with Crippen LogP contribution in [0.15, 0.2) is 0 Å². The molecular formula is C10F16N2. The number of nitrogens with zero attached hydrogens (tertiary/aromatic N) is 2. The van der Waals surface area contributed by atoms with Gasteiger partial charge >= 0.3 is 36.0 Å². The van der Waals surface area contributed by atoms with Gasteiger partial charge in [-0.3, -0.25) is 0 Å². The first-order valence-corrected chi connectivity index (χ1v) is 5.92. The predicted octanol–water partition coefficient (Wildman–Crippen LogP) is 5.33. The van der Waals surface area contributed by atoms with E-state index in [-0.39, 0.29) is 0 Å². The van der Waals surface area contributed by atoms with Gasteiger partial charge in [0.25, 0.3) is 0 Å². The summed E-state index contributed by atoms with van der Waals surface area (Å²) in [6.45, 7) is 0. The minimum absolute atomic E-state index is 1.39. The van der Waals surface area contributed by atoms with Crippen LogP contribution in [-0.4, -0.2) is 34.9 Å². The van der Waals surface area contributed by atoms with Gasteiger partial charge < -0.3 is 0 Å². The average Bonchev–Trinajstić information content (AvgIpc) is 2.41. The van der Waals surface area contributed by atoms with Gasteiger partial charge in [0.05, 0.1) is 0 Å². The third kappa shape index (κ3) is 3.19. The van der Waals surface area contributed by atoms with Crippen molar-refractivity contribution in [3.63, 3.8) is 0 Å². The van der Waals surface area contributed by atoms with Crippen molar-refractivity contribution < 1.29 is 70.2 Å². The summed E-state index contributed by atoms with van der Waals surface area (Å²) in [6.07, 6.45) is -29.3. The molecule has 0 unspecified atom stereocenters. The summed E-state index contributed by atoms with van der Waals surface area (Å²) >= 11 is 0. The lowest BCUT2D eigenvalue weighted by Gasteiger charge is -2.33. The largest absolute Gasteiger partial charge is 0.437 e. The molecule has 2 nitrogen and oxygen atoms in total. The fourth-order valence-electron chi connectivity index (χ4n) is 1.78. The Labute approximate surface area is 141 Å². The molecular weight excluding hydrogens is 452 g/mol. The smallest absolute Gasteiger partial charge is 0.218 e. The van der Waals surface area contributed by atoms with Crippen LogP contribution in [-0.2, 0) is 11.3 Å². The summed E-state index contributed by atoms with van der Waals surface area (Å²) in [7, 11) is 0.